The maximum absolute atomic E-state index is 12.3. The van der Waals surface area contributed by atoms with Crippen LogP contribution in [0.25, 0.3) is 4.96 Å². The molecule has 3 rings (SSSR count). The summed E-state index contributed by atoms with van der Waals surface area (Å²) in [6.45, 7) is 0. The summed E-state index contributed by atoms with van der Waals surface area (Å²) in [5.41, 5.74) is -0.572. The number of aromatic nitrogens is 2. The van der Waals surface area contributed by atoms with Crippen molar-refractivity contribution in [1.82, 2.24) is 14.3 Å². The average molecular weight is 311 g/mol. The third-order valence-corrected chi connectivity index (χ3v) is 4.78. The zero-order chi connectivity index (χ0) is 14.3. The molecular weight excluding hydrogens is 302 g/mol. The SMILES string of the molecule is O=C(O)[C@@H]1CSCN1C(=O)c1cnc2sccn2c1=O. The van der Waals surface area contributed by atoms with Crippen molar-refractivity contribution in [3.05, 3.63) is 33.7 Å². The fraction of sp³-hybridized carbons (Fsp3) is 0.273. The molecule has 0 aromatic carbocycles. The molecule has 1 fully saturated rings. The zero-order valence-electron chi connectivity index (χ0n) is 10.1. The van der Waals surface area contributed by atoms with Crippen molar-refractivity contribution < 1.29 is 14.7 Å². The van der Waals surface area contributed by atoms with Crippen molar-refractivity contribution in [2.24, 2.45) is 0 Å². The van der Waals surface area contributed by atoms with Crippen LogP contribution in [0.1, 0.15) is 10.4 Å². The van der Waals surface area contributed by atoms with Gasteiger partial charge in [0.1, 0.15) is 11.6 Å². The van der Waals surface area contributed by atoms with Crippen LogP contribution in [0, 0.1) is 0 Å². The van der Waals surface area contributed by atoms with Gasteiger partial charge in [-0.3, -0.25) is 14.0 Å². The number of carboxylic acid groups (broad SMARTS) is 1. The van der Waals surface area contributed by atoms with Crippen LogP contribution in [0.4, 0.5) is 0 Å². The molecule has 1 aliphatic rings. The van der Waals surface area contributed by atoms with Gasteiger partial charge in [0.25, 0.3) is 11.5 Å². The molecule has 7 nitrogen and oxygen atoms in total. The van der Waals surface area contributed by atoms with E-state index in [0.717, 1.165) is 0 Å². The van der Waals surface area contributed by atoms with Gasteiger partial charge in [-0.15, -0.1) is 23.1 Å². The molecule has 1 N–H and O–H groups in total. The number of hydrogen-bond donors (Lipinski definition) is 1. The lowest BCUT2D eigenvalue weighted by atomic mass is 10.2. The van der Waals surface area contributed by atoms with Crippen LogP contribution in [-0.4, -0.2) is 48.9 Å². The molecule has 0 aliphatic carbocycles. The van der Waals surface area contributed by atoms with Crippen molar-refractivity contribution in [2.75, 3.05) is 11.6 Å². The van der Waals surface area contributed by atoms with Crippen molar-refractivity contribution in [3.63, 3.8) is 0 Å². The molecule has 1 atom stereocenters. The van der Waals surface area contributed by atoms with E-state index in [2.05, 4.69) is 4.98 Å². The first-order valence-corrected chi connectivity index (χ1v) is 7.69. The molecule has 0 radical (unpaired) electrons. The van der Waals surface area contributed by atoms with Gasteiger partial charge in [-0.2, -0.15) is 0 Å². The number of thioether (sulfide) groups is 1. The van der Waals surface area contributed by atoms with Crippen LogP contribution in [0.3, 0.4) is 0 Å². The molecule has 2 aromatic rings. The summed E-state index contributed by atoms with van der Waals surface area (Å²) in [7, 11) is 0. The van der Waals surface area contributed by atoms with E-state index >= 15 is 0 Å². The molecule has 0 unspecified atom stereocenters. The molecule has 3 heterocycles. The number of thiazole rings is 1. The highest BCUT2D eigenvalue weighted by molar-refractivity contribution is 7.99. The smallest absolute Gasteiger partial charge is 0.327 e. The van der Waals surface area contributed by atoms with E-state index in [1.54, 1.807) is 11.6 Å². The molecule has 0 spiro atoms. The van der Waals surface area contributed by atoms with E-state index in [4.69, 9.17) is 5.11 Å². The summed E-state index contributed by atoms with van der Waals surface area (Å²) in [6.07, 6.45) is 2.76. The first-order chi connectivity index (χ1) is 9.59. The van der Waals surface area contributed by atoms with Crippen molar-refractivity contribution >= 4 is 39.9 Å². The predicted octanol–water partition coefficient (Wildman–Crippen LogP) is 0.356. The summed E-state index contributed by atoms with van der Waals surface area (Å²) >= 11 is 2.64. The summed E-state index contributed by atoms with van der Waals surface area (Å²) in [4.78, 5) is 41.4. The van der Waals surface area contributed by atoms with Crippen LogP contribution in [0.2, 0.25) is 0 Å². The average Bonchev–Trinajstić information content (AvgIpc) is 3.07. The highest BCUT2D eigenvalue weighted by Crippen LogP contribution is 2.22. The Morgan fingerprint density at radius 2 is 2.25 bits per heavy atom. The van der Waals surface area contributed by atoms with Gasteiger partial charge in [0.2, 0.25) is 0 Å². The number of nitrogens with zero attached hydrogens (tertiary/aromatic N) is 3. The normalized spacial score (nSPS) is 18.6. The molecule has 2 aromatic heterocycles. The quantitative estimate of drug-likeness (QED) is 0.861. The fourth-order valence-electron chi connectivity index (χ4n) is 1.97. The molecule has 0 saturated carbocycles. The molecule has 9 heteroatoms. The summed E-state index contributed by atoms with van der Waals surface area (Å²) < 4.78 is 1.29. The minimum absolute atomic E-state index is 0.102. The first-order valence-electron chi connectivity index (χ1n) is 5.66. The lowest BCUT2D eigenvalue weighted by molar-refractivity contribution is -0.140. The number of carbonyl (C=O) groups excluding carboxylic acids is 1. The monoisotopic (exact) mass is 311 g/mol. The van der Waals surface area contributed by atoms with Gasteiger partial charge in [-0.25, -0.2) is 9.78 Å². The molecule has 1 aliphatic heterocycles. The Bertz CT molecular complexity index is 753. The Morgan fingerprint density at radius 3 is 3.00 bits per heavy atom. The third-order valence-electron chi connectivity index (χ3n) is 3.00. The minimum Gasteiger partial charge on any atom is -0.480 e. The second-order valence-electron chi connectivity index (χ2n) is 4.16. The minimum atomic E-state index is -1.06. The second-order valence-corrected chi connectivity index (χ2v) is 6.03. The number of amides is 1. The molecular formula is C11H9N3O4S2. The Morgan fingerprint density at radius 1 is 1.45 bits per heavy atom. The molecule has 1 amide bonds. The maximum Gasteiger partial charge on any atom is 0.327 e. The standard InChI is InChI=1S/C11H9N3O4S2/c15-8-6(3-12-11-13(8)1-2-20-11)9(16)14-5-19-4-7(14)10(17)18/h1-3,7H,4-5H2,(H,17,18)/t7-/m0/s1. The summed E-state index contributed by atoms with van der Waals surface area (Å²) in [5.74, 6) is -1.05. The third kappa shape index (κ3) is 1.98. The largest absolute Gasteiger partial charge is 0.480 e. The summed E-state index contributed by atoms with van der Waals surface area (Å²) in [6, 6.07) is -0.893. The van der Waals surface area contributed by atoms with Gasteiger partial charge in [-0.05, 0) is 0 Å². The van der Waals surface area contributed by atoms with E-state index in [1.807, 2.05) is 0 Å². The van der Waals surface area contributed by atoms with Gasteiger partial charge in [0.15, 0.2) is 4.96 Å². The van der Waals surface area contributed by atoms with Gasteiger partial charge in [0.05, 0.1) is 5.88 Å². The summed E-state index contributed by atoms with van der Waals surface area (Å²) in [5, 5.41) is 10.8. The van der Waals surface area contributed by atoms with E-state index in [1.165, 1.54) is 38.6 Å². The molecule has 1 saturated heterocycles. The Labute approximate surface area is 120 Å². The van der Waals surface area contributed by atoms with Crippen LogP contribution in [0.15, 0.2) is 22.6 Å². The highest BCUT2D eigenvalue weighted by Gasteiger charge is 2.36. The number of carboxylic acids is 1. The van der Waals surface area contributed by atoms with Gasteiger partial charge < -0.3 is 10.0 Å². The van der Waals surface area contributed by atoms with Crippen molar-refractivity contribution in [3.8, 4) is 0 Å². The number of aliphatic carboxylic acids is 1. The topological polar surface area (TPSA) is 92.0 Å². The lowest BCUT2D eigenvalue weighted by Crippen LogP contribution is -2.43. The zero-order valence-corrected chi connectivity index (χ0v) is 11.7. The Balaban J connectivity index is 2.02. The maximum atomic E-state index is 12.3. The Kier molecular flexibility index (Phi) is 3.22. The number of rotatable bonds is 2. The lowest BCUT2D eigenvalue weighted by Gasteiger charge is -2.19. The van der Waals surface area contributed by atoms with Crippen molar-refractivity contribution in [2.45, 2.75) is 6.04 Å². The predicted molar refractivity (Wildman–Crippen MR) is 74.3 cm³/mol. The van der Waals surface area contributed by atoms with E-state index in [9.17, 15) is 14.4 Å². The molecule has 104 valence electrons. The molecule has 20 heavy (non-hydrogen) atoms. The fourth-order valence-corrected chi connectivity index (χ4v) is 3.79. The van der Waals surface area contributed by atoms with E-state index in [0.29, 0.717) is 10.7 Å². The van der Waals surface area contributed by atoms with Crippen LogP contribution in [-0.2, 0) is 4.79 Å². The van der Waals surface area contributed by atoms with Crippen LogP contribution in [0.5, 0.6) is 0 Å². The number of hydrogen-bond acceptors (Lipinski definition) is 6. The second kappa shape index (κ2) is 4.91. The van der Waals surface area contributed by atoms with E-state index < -0.39 is 23.5 Å². The number of fused-ring (bicyclic) bond motifs is 1. The van der Waals surface area contributed by atoms with E-state index in [-0.39, 0.29) is 11.4 Å². The van der Waals surface area contributed by atoms with Crippen molar-refractivity contribution in [1.29, 1.82) is 0 Å². The van der Waals surface area contributed by atoms with Gasteiger partial charge >= 0.3 is 5.97 Å². The van der Waals surface area contributed by atoms with Crippen LogP contribution >= 0.6 is 23.1 Å². The van der Waals surface area contributed by atoms with Crippen LogP contribution < -0.4 is 5.56 Å². The number of carbonyl (C=O) groups is 2. The first kappa shape index (κ1) is 13.1. The van der Waals surface area contributed by atoms with Gasteiger partial charge in [0, 0.05) is 23.5 Å². The van der Waals surface area contributed by atoms with Gasteiger partial charge in [-0.1, -0.05) is 0 Å². The molecule has 0 bridgehead atoms. The Hall–Kier alpha value is -1.87. The highest BCUT2D eigenvalue weighted by atomic mass is 32.2.